The van der Waals surface area contributed by atoms with Crippen molar-refractivity contribution in [3.8, 4) is 0 Å². The molecule has 0 radical (unpaired) electrons. The van der Waals surface area contributed by atoms with Crippen LogP contribution in [-0.2, 0) is 14.3 Å². The van der Waals surface area contributed by atoms with Crippen LogP contribution in [0, 0.1) is 5.92 Å². The Morgan fingerprint density at radius 1 is 1.65 bits per heavy atom. The number of aliphatic hydroxyl groups excluding tert-OH is 2. The fourth-order valence-corrected chi connectivity index (χ4v) is 1.87. The van der Waals surface area contributed by atoms with Crippen LogP contribution in [0.2, 0.25) is 0 Å². The Balaban J connectivity index is 2.79. The van der Waals surface area contributed by atoms with Crippen LogP contribution in [0.5, 0.6) is 0 Å². The Morgan fingerprint density at radius 3 is 2.76 bits per heavy atom. The zero-order valence-electron chi connectivity index (χ0n) is 9.83. The van der Waals surface area contributed by atoms with Gasteiger partial charge in [0, 0.05) is 12.5 Å². The number of rotatable bonds is 4. The van der Waals surface area contributed by atoms with E-state index in [2.05, 4.69) is 17.9 Å². The lowest BCUT2D eigenvalue weighted by Crippen LogP contribution is -2.46. The Labute approximate surface area is 100 Å². The second kappa shape index (κ2) is 5.95. The van der Waals surface area contributed by atoms with Gasteiger partial charge in [0.1, 0.15) is 6.10 Å². The molecule has 1 aliphatic heterocycles. The highest BCUT2D eigenvalue weighted by Crippen LogP contribution is 2.29. The van der Waals surface area contributed by atoms with Crippen LogP contribution in [0.4, 0.5) is 0 Å². The van der Waals surface area contributed by atoms with Gasteiger partial charge in [-0.25, -0.2) is 4.79 Å². The Bertz CT molecular complexity index is 312. The fourth-order valence-electron chi connectivity index (χ4n) is 1.87. The summed E-state index contributed by atoms with van der Waals surface area (Å²) in [5, 5.41) is 19.0. The third-order valence-corrected chi connectivity index (χ3v) is 2.96. The molecule has 1 fully saturated rings. The maximum atomic E-state index is 11.3. The molecule has 0 unspecified atom stereocenters. The molecule has 17 heavy (non-hydrogen) atoms. The Hall–Kier alpha value is -1.17. The number of carbonyl (C=O) groups is 1. The van der Waals surface area contributed by atoms with Crippen LogP contribution < -0.4 is 0 Å². The predicted octanol–water partition coefficient (Wildman–Crippen LogP) is 0.0285. The maximum Gasteiger partial charge on any atom is 0.335 e. The molecule has 1 heterocycles. The smallest absolute Gasteiger partial charge is 0.335 e. The first-order valence-electron chi connectivity index (χ1n) is 5.39. The quantitative estimate of drug-likeness (QED) is 0.413. The molecule has 0 aromatic rings. The number of esters is 1. The molecule has 0 aromatic heterocycles. The van der Waals surface area contributed by atoms with Crippen molar-refractivity contribution in [2.75, 3.05) is 13.7 Å². The van der Waals surface area contributed by atoms with Gasteiger partial charge in [0.15, 0.2) is 0 Å². The summed E-state index contributed by atoms with van der Waals surface area (Å²) in [5.41, 5.74) is 0.185. The molecule has 0 aromatic carbocycles. The number of aliphatic hydroxyl groups is 2. The van der Waals surface area contributed by atoms with E-state index >= 15 is 0 Å². The van der Waals surface area contributed by atoms with E-state index in [4.69, 9.17) is 4.74 Å². The summed E-state index contributed by atoms with van der Waals surface area (Å²) in [6.07, 6.45) is -0.225. The number of hydrogen-bond donors (Lipinski definition) is 2. The lowest BCUT2D eigenvalue weighted by molar-refractivity contribution is -0.145. The first-order valence-corrected chi connectivity index (χ1v) is 5.39. The second-order valence-electron chi connectivity index (χ2n) is 4.01. The second-order valence-corrected chi connectivity index (χ2v) is 4.01. The van der Waals surface area contributed by atoms with Crippen molar-refractivity contribution < 1.29 is 24.5 Å². The third-order valence-electron chi connectivity index (χ3n) is 2.96. The van der Waals surface area contributed by atoms with Gasteiger partial charge in [-0.1, -0.05) is 12.7 Å². The van der Waals surface area contributed by atoms with Crippen molar-refractivity contribution in [2.45, 2.75) is 24.7 Å². The van der Waals surface area contributed by atoms with E-state index in [0.29, 0.717) is 6.42 Å². The Morgan fingerprint density at radius 2 is 2.29 bits per heavy atom. The monoisotopic (exact) mass is 242 g/mol. The van der Waals surface area contributed by atoms with Crippen molar-refractivity contribution in [3.63, 3.8) is 0 Å². The summed E-state index contributed by atoms with van der Waals surface area (Å²) in [6, 6.07) is 0. The van der Waals surface area contributed by atoms with Gasteiger partial charge in [-0.05, 0) is 6.42 Å². The average Bonchev–Trinajstić information content (AvgIpc) is 2.37. The summed E-state index contributed by atoms with van der Waals surface area (Å²) in [7, 11) is 1.26. The molecule has 1 aliphatic rings. The highest BCUT2D eigenvalue weighted by Gasteiger charge is 2.38. The SMILES string of the molecule is C=C[C@H]1O[C@H](C(=C)C(=O)OC)C[C@@H](CO)[C@@H]1O. The van der Waals surface area contributed by atoms with E-state index in [1.807, 2.05) is 0 Å². The molecule has 4 atom stereocenters. The zero-order valence-corrected chi connectivity index (χ0v) is 9.83. The summed E-state index contributed by atoms with van der Waals surface area (Å²) in [5.74, 6) is -0.913. The van der Waals surface area contributed by atoms with E-state index in [1.165, 1.54) is 13.2 Å². The van der Waals surface area contributed by atoms with Crippen molar-refractivity contribution in [3.05, 3.63) is 24.8 Å². The van der Waals surface area contributed by atoms with E-state index in [1.54, 1.807) is 0 Å². The van der Waals surface area contributed by atoms with Crippen molar-refractivity contribution in [1.82, 2.24) is 0 Å². The van der Waals surface area contributed by atoms with Crippen molar-refractivity contribution in [1.29, 1.82) is 0 Å². The molecule has 96 valence electrons. The fraction of sp³-hybridized carbons (Fsp3) is 0.583. The van der Waals surface area contributed by atoms with E-state index < -0.39 is 24.3 Å². The summed E-state index contributed by atoms with van der Waals surface area (Å²) in [6.45, 7) is 6.98. The first-order chi connectivity index (χ1) is 8.04. The Kier molecular flexibility index (Phi) is 4.86. The van der Waals surface area contributed by atoms with Crippen molar-refractivity contribution >= 4 is 5.97 Å². The minimum atomic E-state index is -0.820. The number of carbonyl (C=O) groups excluding carboxylic acids is 1. The lowest BCUT2D eigenvalue weighted by Gasteiger charge is -2.37. The molecule has 5 heteroatoms. The lowest BCUT2D eigenvalue weighted by atomic mass is 9.87. The number of ether oxygens (including phenoxy) is 2. The van der Waals surface area contributed by atoms with Crippen molar-refractivity contribution in [2.24, 2.45) is 5.92 Å². The van der Waals surface area contributed by atoms with Gasteiger partial charge >= 0.3 is 5.97 Å². The first kappa shape index (κ1) is 13.9. The summed E-state index contributed by atoms with van der Waals surface area (Å²) < 4.78 is 10.0. The molecular weight excluding hydrogens is 224 g/mol. The van der Waals surface area contributed by atoms with Crippen LogP contribution in [0.15, 0.2) is 24.8 Å². The van der Waals surface area contributed by atoms with E-state index in [0.717, 1.165) is 0 Å². The highest BCUT2D eigenvalue weighted by molar-refractivity contribution is 5.88. The molecule has 5 nitrogen and oxygen atoms in total. The number of hydrogen-bond acceptors (Lipinski definition) is 5. The van der Waals surface area contributed by atoms with E-state index in [-0.39, 0.29) is 18.1 Å². The summed E-state index contributed by atoms with van der Waals surface area (Å²) in [4.78, 5) is 11.3. The van der Waals surface area contributed by atoms with Crippen LogP contribution >= 0.6 is 0 Å². The summed E-state index contributed by atoms with van der Waals surface area (Å²) >= 11 is 0. The molecule has 0 aliphatic carbocycles. The van der Waals surface area contributed by atoms with Gasteiger partial charge in [0.25, 0.3) is 0 Å². The molecule has 0 saturated carbocycles. The molecule has 1 saturated heterocycles. The molecule has 0 bridgehead atoms. The van der Waals surface area contributed by atoms with Crippen LogP contribution in [0.3, 0.4) is 0 Å². The zero-order chi connectivity index (χ0) is 13.0. The largest absolute Gasteiger partial charge is 0.466 e. The predicted molar refractivity (Wildman–Crippen MR) is 61.2 cm³/mol. The molecule has 1 rings (SSSR count). The highest BCUT2D eigenvalue weighted by atomic mass is 16.5. The van der Waals surface area contributed by atoms with Gasteiger partial charge in [-0.15, -0.1) is 6.58 Å². The molecule has 2 N–H and O–H groups in total. The average molecular weight is 242 g/mol. The van der Waals surface area contributed by atoms with Crippen LogP contribution in [0.1, 0.15) is 6.42 Å². The van der Waals surface area contributed by atoms with E-state index in [9.17, 15) is 15.0 Å². The molecular formula is C12H18O5. The standard InChI is InChI=1S/C12H18O5/c1-4-9-11(14)8(6-13)5-10(17-9)7(2)12(15)16-3/h4,8-11,13-14H,1-2,5-6H2,3H3/t8-,9+,10-,11-/m0/s1. The van der Waals surface area contributed by atoms with Crippen LogP contribution in [0.25, 0.3) is 0 Å². The topological polar surface area (TPSA) is 76.0 Å². The van der Waals surface area contributed by atoms with Gasteiger partial charge in [0.2, 0.25) is 0 Å². The van der Waals surface area contributed by atoms with Gasteiger partial charge in [0.05, 0.1) is 24.9 Å². The maximum absolute atomic E-state index is 11.3. The molecule has 0 amide bonds. The third kappa shape index (κ3) is 2.94. The van der Waals surface area contributed by atoms with Gasteiger partial charge in [-0.3, -0.25) is 0 Å². The normalized spacial score (nSPS) is 32.9. The molecule has 0 spiro atoms. The van der Waals surface area contributed by atoms with Gasteiger partial charge in [-0.2, -0.15) is 0 Å². The minimum Gasteiger partial charge on any atom is -0.466 e. The number of methoxy groups -OCH3 is 1. The minimum absolute atomic E-state index is 0.181. The van der Waals surface area contributed by atoms with Crippen LogP contribution in [-0.4, -0.2) is 48.2 Å². The van der Waals surface area contributed by atoms with Gasteiger partial charge < -0.3 is 19.7 Å².